The summed E-state index contributed by atoms with van der Waals surface area (Å²) in [5.41, 5.74) is 2.91. The second-order valence-corrected chi connectivity index (χ2v) is 5.98. The molecule has 0 radical (unpaired) electrons. The second kappa shape index (κ2) is 8.43. The molecule has 0 N–H and O–H groups in total. The predicted octanol–water partition coefficient (Wildman–Crippen LogP) is 3.97. The lowest BCUT2D eigenvalue weighted by Gasteiger charge is -2.38. The Morgan fingerprint density at radius 1 is 1.20 bits per heavy atom. The van der Waals surface area contributed by atoms with Crippen molar-refractivity contribution in [3.05, 3.63) is 35.4 Å². The molecule has 114 valence electrons. The molecule has 2 rings (SSSR count). The van der Waals surface area contributed by atoms with Crippen molar-refractivity contribution in [2.75, 3.05) is 26.7 Å². The maximum Gasteiger partial charge on any atom is 0.0237 e. The minimum Gasteiger partial charge on any atom is -0.304 e. The van der Waals surface area contributed by atoms with Crippen LogP contribution < -0.4 is 0 Å². The molecule has 1 heterocycles. The number of benzene rings is 1. The summed E-state index contributed by atoms with van der Waals surface area (Å²) in [4.78, 5) is 5.02. The van der Waals surface area contributed by atoms with Gasteiger partial charge in [-0.2, -0.15) is 0 Å². The van der Waals surface area contributed by atoms with Crippen LogP contribution in [0, 0.1) is 0 Å². The fraction of sp³-hybridized carbons (Fsp3) is 0.667. The first kappa shape index (κ1) is 17.2. The lowest BCUT2D eigenvalue weighted by molar-refractivity contribution is 0.0938. The van der Waals surface area contributed by atoms with Crippen molar-refractivity contribution >= 4 is 0 Å². The van der Waals surface area contributed by atoms with Crippen LogP contribution in [-0.4, -0.2) is 42.5 Å². The van der Waals surface area contributed by atoms with Crippen LogP contribution in [0.25, 0.3) is 0 Å². The van der Waals surface area contributed by atoms with Gasteiger partial charge < -0.3 is 4.90 Å². The first-order valence-corrected chi connectivity index (χ1v) is 8.07. The molecule has 1 saturated heterocycles. The Labute approximate surface area is 125 Å². The van der Waals surface area contributed by atoms with E-state index in [1.165, 1.54) is 30.8 Å². The van der Waals surface area contributed by atoms with E-state index < -0.39 is 0 Å². The van der Waals surface area contributed by atoms with E-state index >= 15 is 0 Å². The summed E-state index contributed by atoms with van der Waals surface area (Å²) >= 11 is 0. The molecule has 0 aliphatic carbocycles. The molecule has 1 unspecified atom stereocenters. The van der Waals surface area contributed by atoms with Crippen LogP contribution in [-0.2, 0) is 6.54 Å². The third-order valence-corrected chi connectivity index (χ3v) is 3.97. The molecule has 1 fully saturated rings. The largest absolute Gasteiger partial charge is 0.304 e. The number of piperazine rings is 1. The van der Waals surface area contributed by atoms with Gasteiger partial charge in [0, 0.05) is 32.2 Å². The molecule has 0 amide bonds. The first-order chi connectivity index (χ1) is 9.56. The van der Waals surface area contributed by atoms with E-state index in [1.807, 2.05) is 13.8 Å². The zero-order valence-electron chi connectivity index (χ0n) is 14.2. The summed E-state index contributed by atoms with van der Waals surface area (Å²) in [6, 6.07) is 9.73. The molecule has 0 aromatic heterocycles. The third kappa shape index (κ3) is 4.92. The van der Waals surface area contributed by atoms with E-state index in [0.29, 0.717) is 12.0 Å². The highest BCUT2D eigenvalue weighted by molar-refractivity contribution is 5.25. The van der Waals surface area contributed by atoms with Gasteiger partial charge in [-0.15, -0.1) is 0 Å². The molecule has 1 atom stereocenters. The van der Waals surface area contributed by atoms with E-state index in [4.69, 9.17) is 0 Å². The van der Waals surface area contributed by atoms with Crippen molar-refractivity contribution < 1.29 is 0 Å². The van der Waals surface area contributed by atoms with Crippen molar-refractivity contribution in [2.45, 2.75) is 53.1 Å². The van der Waals surface area contributed by atoms with Crippen molar-refractivity contribution in [1.82, 2.24) is 9.80 Å². The topological polar surface area (TPSA) is 6.48 Å². The highest BCUT2D eigenvalue weighted by atomic mass is 15.3. The summed E-state index contributed by atoms with van der Waals surface area (Å²) in [6.07, 6.45) is 0. The van der Waals surface area contributed by atoms with Crippen LogP contribution in [0.15, 0.2) is 24.3 Å². The maximum absolute atomic E-state index is 2.60. The van der Waals surface area contributed by atoms with Crippen LogP contribution >= 0.6 is 0 Å². The fourth-order valence-corrected chi connectivity index (χ4v) is 2.70. The zero-order valence-corrected chi connectivity index (χ0v) is 14.2. The molecule has 2 nitrogen and oxygen atoms in total. The molecule has 1 aliphatic heterocycles. The highest BCUT2D eigenvalue weighted by Gasteiger charge is 2.21. The van der Waals surface area contributed by atoms with Gasteiger partial charge in [-0.3, -0.25) is 4.90 Å². The summed E-state index contributed by atoms with van der Waals surface area (Å²) in [5.74, 6) is 0.620. The van der Waals surface area contributed by atoms with E-state index in [0.717, 1.165) is 6.54 Å². The zero-order chi connectivity index (χ0) is 15.1. The quantitative estimate of drug-likeness (QED) is 0.824. The molecule has 1 aromatic rings. The van der Waals surface area contributed by atoms with E-state index in [2.05, 4.69) is 61.9 Å². The molecule has 20 heavy (non-hydrogen) atoms. The lowest BCUT2D eigenvalue weighted by Crippen LogP contribution is -2.49. The standard InChI is InChI=1S/C16H26N2.C2H6/c1-13(2)16-7-5-6-15(10-16)12-18-9-8-17(4)11-14(18)3;1-2/h5-7,10,13-14H,8-9,11-12H2,1-4H3;1-2H3. The molecule has 2 heteroatoms. The third-order valence-electron chi connectivity index (χ3n) is 3.97. The first-order valence-electron chi connectivity index (χ1n) is 8.07. The van der Waals surface area contributed by atoms with Crippen LogP contribution in [0.2, 0.25) is 0 Å². The van der Waals surface area contributed by atoms with Crippen LogP contribution in [0.4, 0.5) is 0 Å². The minimum absolute atomic E-state index is 0.620. The van der Waals surface area contributed by atoms with Gasteiger partial charge >= 0.3 is 0 Å². The number of likely N-dealkylation sites (N-methyl/N-ethyl adjacent to an activating group) is 1. The van der Waals surface area contributed by atoms with Gasteiger partial charge in [0.05, 0.1) is 0 Å². The Kier molecular flexibility index (Phi) is 7.25. The summed E-state index contributed by atoms with van der Waals surface area (Å²) in [6.45, 7) is 15.5. The average molecular weight is 276 g/mol. The van der Waals surface area contributed by atoms with Crippen LogP contribution in [0.1, 0.15) is 51.7 Å². The minimum atomic E-state index is 0.620. The number of hydrogen-bond donors (Lipinski definition) is 0. The Morgan fingerprint density at radius 3 is 2.50 bits per heavy atom. The maximum atomic E-state index is 2.60. The molecular weight excluding hydrogens is 244 g/mol. The highest BCUT2D eigenvalue weighted by Crippen LogP contribution is 2.18. The predicted molar refractivity (Wildman–Crippen MR) is 89.2 cm³/mol. The Hall–Kier alpha value is -0.860. The van der Waals surface area contributed by atoms with Crippen LogP contribution in [0.3, 0.4) is 0 Å². The van der Waals surface area contributed by atoms with Gasteiger partial charge in [0.15, 0.2) is 0 Å². The summed E-state index contributed by atoms with van der Waals surface area (Å²) < 4.78 is 0. The summed E-state index contributed by atoms with van der Waals surface area (Å²) in [5, 5.41) is 0. The van der Waals surface area contributed by atoms with Gasteiger partial charge in [0.2, 0.25) is 0 Å². The van der Waals surface area contributed by atoms with Gasteiger partial charge in [-0.25, -0.2) is 0 Å². The Morgan fingerprint density at radius 2 is 1.90 bits per heavy atom. The molecule has 0 spiro atoms. The van der Waals surface area contributed by atoms with Crippen molar-refractivity contribution in [2.24, 2.45) is 0 Å². The van der Waals surface area contributed by atoms with E-state index in [9.17, 15) is 0 Å². The van der Waals surface area contributed by atoms with Gasteiger partial charge in [-0.05, 0) is 31.0 Å². The SMILES string of the molecule is CC.CC(C)c1cccc(CN2CCN(C)CC2C)c1. The van der Waals surface area contributed by atoms with E-state index in [-0.39, 0.29) is 0 Å². The second-order valence-electron chi connectivity index (χ2n) is 5.98. The monoisotopic (exact) mass is 276 g/mol. The van der Waals surface area contributed by atoms with Crippen LogP contribution in [0.5, 0.6) is 0 Å². The van der Waals surface area contributed by atoms with Gasteiger partial charge in [-0.1, -0.05) is 52.0 Å². The Bertz CT molecular complexity index is 387. The van der Waals surface area contributed by atoms with Crippen molar-refractivity contribution in [3.8, 4) is 0 Å². The molecule has 1 aliphatic rings. The average Bonchev–Trinajstić information content (AvgIpc) is 2.44. The molecule has 0 bridgehead atoms. The molecule has 1 aromatic carbocycles. The van der Waals surface area contributed by atoms with E-state index in [1.54, 1.807) is 0 Å². The summed E-state index contributed by atoms with van der Waals surface area (Å²) in [7, 11) is 2.22. The van der Waals surface area contributed by atoms with Gasteiger partial charge in [0.25, 0.3) is 0 Å². The molecule has 0 saturated carbocycles. The van der Waals surface area contributed by atoms with Crippen molar-refractivity contribution in [3.63, 3.8) is 0 Å². The smallest absolute Gasteiger partial charge is 0.0237 e. The Balaban J connectivity index is 0.000000956. The lowest BCUT2D eigenvalue weighted by atomic mass is 10.0. The normalized spacial score (nSPS) is 20.6. The number of nitrogens with zero attached hydrogens (tertiary/aromatic N) is 2. The number of hydrogen-bond acceptors (Lipinski definition) is 2. The molecular formula is C18H32N2. The van der Waals surface area contributed by atoms with Crippen molar-refractivity contribution in [1.29, 1.82) is 0 Å². The van der Waals surface area contributed by atoms with Gasteiger partial charge in [0.1, 0.15) is 0 Å². The fourth-order valence-electron chi connectivity index (χ4n) is 2.70. The number of rotatable bonds is 3.